The molecule has 1 nitrogen and oxygen atoms in total. The number of aryl methyl sites for hydroxylation is 4. The summed E-state index contributed by atoms with van der Waals surface area (Å²) in [5.41, 5.74) is 5.32. The molecule has 0 aliphatic carbocycles. The Bertz CT molecular complexity index is 617. The molecule has 0 aromatic heterocycles. The molecule has 1 atom stereocenters. The lowest BCUT2D eigenvalue weighted by atomic mass is 9.93. The highest BCUT2D eigenvalue weighted by atomic mass is 19.1. The van der Waals surface area contributed by atoms with Gasteiger partial charge in [0.1, 0.15) is 11.9 Å². The van der Waals surface area contributed by atoms with Crippen LogP contribution < -0.4 is 0 Å². The van der Waals surface area contributed by atoms with Crippen LogP contribution in [0.15, 0.2) is 30.3 Å². The molecule has 19 heavy (non-hydrogen) atoms. The van der Waals surface area contributed by atoms with Gasteiger partial charge in [0.05, 0.1) is 0 Å². The zero-order valence-corrected chi connectivity index (χ0v) is 11.8. The standard InChI is InChI=1S/C17H19FO/c1-10-5-6-16(18)15(7-10)17(19)14-9-12(3)11(2)8-13(14)4/h5-9,17,19H,1-4H3. The van der Waals surface area contributed by atoms with Crippen molar-refractivity contribution in [1.29, 1.82) is 0 Å². The van der Waals surface area contributed by atoms with E-state index in [2.05, 4.69) is 0 Å². The lowest BCUT2D eigenvalue weighted by Crippen LogP contribution is -2.06. The van der Waals surface area contributed by atoms with Crippen molar-refractivity contribution in [3.63, 3.8) is 0 Å². The molecular weight excluding hydrogens is 239 g/mol. The van der Waals surface area contributed by atoms with E-state index in [9.17, 15) is 9.50 Å². The van der Waals surface area contributed by atoms with Crippen LogP contribution in [-0.2, 0) is 0 Å². The Labute approximate surface area is 113 Å². The number of hydrogen-bond acceptors (Lipinski definition) is 1. The first kappa shape index (κ1) is 13.8. The topological polar surface area (TPSA) is 20.2 Å². The van der Waals surface area contributed by atoms with Gasteiger partial charge in [-0.15, -0.1) is 0 Å². The van der Waals surface area contributed by atoms with Gasteiger partial charge in [0.2, 0.25) is 0 Å². The minimum Gasteiger partial charge on any atom is -0.384 e. The van der Waals surface area contributed by atoms with E-state index in [0.29, 0.717) is 5.56 Å². The molecule has 1 unspecified atom stereocenters. The van der Waals surface area contributed by atoms with Gasteiger partial charge < -0.3 is 5.11 Å². The van der Waals surface area contributed by atoms with Gasteiger partial charge >= 0.3 is 0 Å². The molecule has 0 heterocycles. The van der Waals surface area contributed by atoms with Crippen LogP contribution in [0.3, 0.4) is 0 Å². The summed E-state index contributed by atoms with van der Waals surface area (Å²) in [7, 11) is 0. The van der Waals surface area contributed by atoms with Gasteiger partial charge in [-0.05, 0) is 56.0 Å². The highest BCUT2D eigenvalue weighted by Gasteiger charge is 2.17. The molecule has 0 amide bonds. The van der Waals surface area contributed by atoms with E-state index in [1.165, 1.54) is 11.6 Å². The van der Waals surface area contributed by atoms with Crippen LogP contribution in [0.1, 0.15) is 39.5 Å². The highest BCUT2D eigenvalue weighted by Crippen LogP contribution is 2.29. The maximum atomic E-state index is 13.9. The number of hydrogen-bond donors (Lipinski definition) is 1. The van der Waals surface area contributed by atoms with Gasteiger partial charge in [-0.2, -0.15) is 0 Å². The maximum Gasteiger partial charge on any atom is 0.129 e. The SMILES string of the molecule is Cc1ccc(F)c(C(O)c2cc(C)c(C)cc2C)c1. The van der Waals surface area contributed by atoms with Gasteiger partial charge in [0, 0.05) is 5.56 Å². The highest BCUT2D eigenvalue weighted by molar-refractivity contribution is 5.42. The Morgan fingerprint density at radius 2 is 1.47 bits per heavy atom. The van der Waals surface area contributed by atoms with Crippen molar-refractivity contribution in [2.75, 3.05) is 0 Å². The number of aliphatic hydroxyl groups excluding tert-OH is 1. The fourth-order valence-corrected chi connectivity index (χ4v) is 2.32. The number of benzene rings is 2. The van der Waals surface area contributed by atoms with Crippen molar-refractivity contribution >= 4 is 0 Å². The molecule has 2 heteroatoms. The van der Waals surface area contributed by atoms with Crippen LogP contribution in [0, 0.1) is 33.5 Å². The summed E-state index contributed by atoms with van der Waals surface area (Å²) in [4.78, 5) is 0. The molecular formula is C17H19FO. The average Bonchev–Trinajstić information content (AvgIpc) is 2.36. The molecule has 2 aromatic rings. The van der Waals surface area contributed by atoms with E-state index in [1.807, 2.05) is 39.8 Å². The summed E-state index contributed by atoms with van der Waals surface area (Å²) in [6, 6.07) is 8.79. The van der Waals surface area contributed by atoms with Crippen molar-refractivity contribution in [2.45, 2.75) is 33.8 Å². The van der Waals surface area contributed by atoms with Crippen LogP contribution in [0.4, 0.5) is 4.39 Å². The quantitative estimate of drug-likeness (QED) is 0.858. The van der Waals surface area contributed by atoms with Crippen LogP contribution in [0.2, 0.25) is 0 Å². The number of rotatable bonds is 2. The average molecular weight is 258 g/mol. The smallest absolute Gasteiger partial charge is 0.129 e. The zero-order valence-electron chi connectivity index (χ0n) is 11.8. The third-order valence-electron chi connectivity index (χ3n) is 3.62. The van der Waals surface area contributed by atoms with Crippen molar-refractivity contribution in [1.82, 2.24) is 0 Å². The van der Waals surface area contributed by atoms with Gasteiger partial charge in [-0.25, -0.2) is 4.39 Å². The minimum atomic E-state index is -0.917. The van der Waals surface area contributed by atoms with Crippen LogP contribution in [-0.4, -0.2) is 5.11 Å². The Kier molecular flexibility index (Phi) is 3.72. The lowest BCUT2D eigenvalue weighted by molar-refractivity contribution is 0.214. The molecule has 2 aromatic carbocycles. The Hall–Kier alpha value is -1.67. The first-order chi connectivity index (χ1) is 8.90. The van der Waals surface area contributed by atoms with Crippen molar-refractivity contribution in [2.24, 2.45) is 0 Å². The summed E-state index contributed by atoms with van der Waals surface area (Å²) >= 11 is 0. The zero-order chi connectivity index (χ0) is 14.2. The molecule has 100 valence electrons. The molecule has 0 aliphatic rings. The fourth-order valence-electron chi connectivity index (χ4n) is 2.32. The van der Waals surface area contributed by atoms with Gasteiger partial charge in [0.15, 0.2) is 0 Å². The summed E-state index contributed by atoms with van der Waals surface area (Å²) in [6.07, 6.45) is -0.917. The summed E-state index contributed by atoms with van der Waals surface area (Å²) < 4.78 is 13.9. The Morgan fingerprint density at radius 3 is 2.16 bits per heavy atom. The molecule has 0 radical (unpaired) electrons. The molecule has 2 rings (SSSR count). The van der Waals surface area contributed by atoms with Gasteiger partial charge in [-0.3, -0.25) is 0 Å². The van der Waals surface area contributed by atoms with Gasteiger partial charge in [0.25, 0.3) is 0 Å². The number of halogens is 1. The molecule has 0 saturated carbocycles. The van der Waals surface area contributed by atoms with Crippen molar-refractivity contribution < 1.29 is 9.50 Å². The van der Waals surface area contributed by atoms with Crippen molar-refractivity contribution in [3.8, 4) is 0 Å². The third kappa shape index (κ3) is 2.69. The van der Waals surface area contributed by atoms with Crippen LogP contribution >= 0.6 is 0 Å². The maximum absolute atomic E-state index is 13.9. The lowest BCUT2D eigenvalue weighted by Gasteiger charge is -2.17. The fraction of sp³-hybridized carbons (Fsp3) is 0.294. The van der Waals surface area contributed by atoms with E-state index in [4.69, 9.17) is 0 Å². The minimum absolute atomic E-state index is 0.339. The second kappa shape index (κ2) is 5.14. The normalized spacial score (nSPS) is 12.5. The second-order valence-corrected chi connectivity index (χ2v) is 5.22. The second-order valence-electron chi connectivity index (χ2n) is 5.22. The van der Waals surface area contributed by atoms with Crippen molar-refractivity contribution in [3.05, 3.63) is 69.5 Å². The summed E-state index contributed by atoms with van der Waals surface area (Å²) in [5.74, 6) is -0.365. The van der Waals surface area contributed by atoms with Gasteiger partial charge in [-0.1, -0.05) is 29.8 Å². The Morgan fingerprint density at radius 1 is 0.842 bits per heavy atom. The van der Waals surface area contributed by atoms with E-state index >= 15 is 0 Å². The van der Waals surface area contributed by atoms with Crippen LogP contribution in [0.5, 0.6) is 0 Å². The van der Waals surface area contributed by atoms with E-state index in [1.54, 1.807) is 12.1 Å². The first-order valence-corrected chi connectivity index (χ1v) is 6.42. The predicted molar refractivity (Wildman–Crippen MR) is 75.9 cm³/mol. The molecule has 0 saturated heterocycles. The molecule has 0 aliphatic heterocycles. The van der Waals surface area contributed by atoms with Crippen LogP contribution in [0.25, 0.3) is 0 Å². The first-order valence-electron chi connectivity index (χ1n) is 6.42. The largest absolute Gasteiger partial charge is 0.384 e. The summed E-state index contributed by atoms with van der Waals surface area (Å²) in [5, 5.41) is 10.5. The third-order valence-corrected chi connectivity index (χ3v) is 3.62. The van der Waals surface area contributed by atoms with E-state index in [-0.39, 0.29) is 5.82 Å². The monoisotopic (exact) mass is 258 g/mol. The molecule has 0 bridgehead atoms. The Balaban J connectivity index is 2.52. The number of aliphatic hydroxyl groups is 1. The summed E-state index contributed by atoms with van der Waals surface area (Å²) in [6.45, 7) is 7.87. The van der Waals surface area contributed by atoms with E-state index < -0.39 is 6.10 Å². The van der Waals surface area contributed by atoms with E-state index in [0.717, 1.165) is 22.3 Å². The molecule has 1 N–H and O–H groups in total. The predicted octanol–water partition coefficient (Wildman–Crippen LogP) is 4.14. The molecule has 0 fully saturated rings. The molecule has 0 spiro atoms.